The summed E-state index contributed by atoms with van der Waals surface area (Å²) >= 11 is 1.77. The average molecular weight is 650 g/mol. The smallest absolute Gasteiger partial charge is 0.349 e. The average Bonchev–Trinajstić information content (AvgIpc) is 2.73. The van der Waals surface area contributed by atoms with Gasteiger partial charge in [0, 0.05) is 15.4 Å². The van der Waals surface area contributed by atoms with Crippen molar-refractivity contribution in [1.29, 1.82) is 0 Å². The van der Waals surface area contributed by atoms with Crippen LogP contribution in [0.1, 0.15) is 46.0 Å². The standard InChI is InChI=1S/C22H21F6IN2O4S/c1-3-36(34,35)10-11(2)30-21(33)17-13(5-4-6-15(17)29)20(32)31-16-8-7-12(9-14(16)23)18(19(24)25)22(26,27)28/h4-9,11,18-19H,3,10H2,1-2H3,(H,30,33)(H,31,32)/t11-,18?/m0/s1. The molecule has 2 rings (SSSR count). The molecule has 0 spiro atoms. The minimum absolute atomic E-state index is 0.130. The molecule has 14 heteroatoms. The van der Waals surface area contributed by atoms with Crippen molar-refractivity contribution in [2.75, 3.05) is 16.8 Å². The van der Waals surface area contributed by atoms with Gasteiger partial charge in [0.05, 0.1) is 22.6 Å². The Morgan fingerprint density at radius 3 is 2.25 bits per heavy atom. The first-order chi connectivity index (χ1) is 16.6. The van der Waals surface area contributed by atoms with Gasteiger partial charge in [-0.3, -0.25) is 9.59 Å². The number of hydrogen-bond donors (Lipinski definition) is 2. The summed E-state index contributed by atoms with van der Waals surface area (Å²) in [6, 6.07) is 4.97. The number of sulfone groups is 1. The Kier molecular flexibility index (Phi) is 9.78. The lowest BCUT2D eigenvalue weighted by Crippen LogP contribution is -2.39. The number of carbonyl (C=O) groups is 2. The fourth-order valence-corrected chi connectivity index (χ4v) is 5.10. The molecule has 2 aromatic rings. The molecule has 0 aromatic heterocycles. The number of carbonyl (C=O) groups excluding carboxylic acids is 2. The Balaban J connectivity index is 2.31. The second-order valence-electron chi connectivity index (χ2n) is 7.78. The van der Waals surface area contributed by atoms with E-state index in [1.165, 1.54) is 32.0 Å². The van der Waals surface area contributed by atoms with Gasteiger partial charge in [-0.2, -0.15) is 13.2 Å². The highest BCUT2D eigenvalue weighted by atomic mass is 127. The monoisotopic (exact) mass is 650 g/mol. The van der Waals surface area contributed by atoms with Crippen LogP contribution >= 0.6 is 22.6 Å². The second kappa shape index (κ2) is 11.8. The van der Waals surface area contributed by atoms with Crippen LogP contribution in [-0.4, -0.2) is 50.4 Å². The zero-order valence-corrected chi connectivity index (χ0v) is 21.8. The second-order valence-corrected chi connectivity index (χ2v) is 11.3. The van der Waals surface area contributed by atoms with Crippen molar-refractivity contribution in [3.63, 3.8) is 0 Å². The molecule has 2 atom stereocenters. The molecule has 0 aliphatic heterocycles. The van der Waals surface area contributed by atoms with Crippen molar-refractivity contribution in [1.82, 2.24) is 5.32 Å². The minimum atomic E-state index is -5.32. The number of nitrogens with one attached hydrogen (secondary N) is 2. The van der Waals surface area contributed by atoms with E-state index < -0.39 is 63.3 Å². The van der Waals surface area contributed by atoms with Crippen LogP contribution in [0.2, 0.25) is 0 Å². The molecule has 1 unspecified atom stereocenters. The number of alkyl halides is 5. The molecule has 2 amide bonds. The predicted molar refractivity (Wildman–Crippen MR) is 130 cm³/mol. The highest BCUT2D eigenvalue weighted by Crippen LogP contribution is 2.40. The van der Waals surface area contributed by atoms with Crippen LogP contribution in [0.25, 0.3) is 0 Å². The Morgan fingerprint density at radius 1 is 1.08 bits per heavy atom. The van der Waals surface area contributed by atoms with Crippen molar-refractivity contribution in [2.24, 2.45) is 0 Å². The van der Waals surface area contributed by atoms with E-state index in [9.17, 15) is 44.3 Å². The fourth-order valence-electron chi connectivity index (χ4n) is 3.27. The zero-order valence-electron chi connectivity index (χ0n) is 18.8. The van der Waals surface area contributed by atoms with E-state index in [2.05, 4.69) is 10.6 Å². The van der Waals surface area contributed by atoms with Gasteiger partial charge >= 0.3 is 6.18 Å². The summed E-state index contributed by atoms with van der Waals surface area (Å²) in [7, 11) is -3.41. The quantitative estimate of drug-likeness (QED) is 0.291. The van der Waals surface area contributed by atoms with Gasteiger partial charge in [0.25, 0.3) is 18.2 Å². The van der Waals surface area contributed by atoms with Crippen LogP contribution in [0, 0.1) is 9.39 Å². The summed E-state index contributed by atoms with van der Waals surface area (Å²) in [6.07, 6.45) is -9.14. The van der Waals surface area contributed by atoms with Gasteiger partial charge in [0.2, 0.25) is 0 Å². The third-order valence-electron chi connectivity index (χ3n) is 5.01. The molecule has 0 aliphatic rings. The molecular weight excluding hydrogens is 629 g/mol. The van der Waals surface area contributed by atoms with Crippen molar-refractivity contribution in [3.05, 3.63) is 62.5 Å². The van der Waals surface area contributed by atoms with E-state index in [0.717, 1.165) is 6.07 Å². The molecule has 6 nitrogen and oxygen atoms in total. The Hall–Kier alpha value is -2.36. The van der Waals surface area contributed by atoms with Crippen LogP contribution in [0.5, 0.6) is 0 Å². The van der Waals surface area contributed by atoms with Gasteiger partial charge in [-0.05, 0) is 59.3 Å². The highest BCUT2D eigenvalue weighted by Gasteiger charge is 2.47. The molecule has 36 heavy (non-hydrogen) atoms. The molecule has 0 saturated heterocycles. The summed E-state index contributed by atoms with van der Waals surface area (Å²) in [5, 5.41) is 4.61. The van der Waals surface area contributed by atoms with Crippen LogP contribution in [0.3, 0.4) is 0 Å². The summed E-state index contributed by atoms with van der Waals surface area (Å²) in [6.45, 7) is 2.92. The molecule has 0 radical (unpaired) electrons. The molecular formula is C22H21F6IN2O4S. The SMILES string of the molecule is CCS(=O)(=O)C[C@H](C)NC(=O)c1c(I)cccc1C(=O)Nc1ccc(C(C(F)F)C(F)(F)F)cc1F. The van der Waals surface area contributed by atoms with E-state index >= 15 is 0 Å². The van der Waals surface area contributed by atoms with E-state index in [-0.39, 0.29) is 28.7 Å². The number of hydrogen-bond acceptors (Lipinski definition) is 4. The van der Waals surface area contributed by atoms with Gasteiger partial charge in [-0.25, -0.2) is 21.6 Å². The fraction of sp³-hybridized carbons (Fsp3) is 0.364. The molecule has 0 heterocycles. The summed E-state index contributed by atoms with van der Waals surface area (Å²) in [5.74, 6) is -6.83. The maximum atomic E-state index is 14.5. The van der Waals surface area contributed by atoms with Crippen molar-refractivity contribution < 1.29 is 44.3 Å². The lowest BCUT2D eigenvalue weighted by atomic mass is 9.98. The van der Waals surface area contributed by atoms with Crippen LogP contribution in [0.15, 0.2) is 36.4 Å². The molecule has 2 N–H and O–H groups in total. The normalized spacial score (nSPS) is 13.8. The molecule has 0 fully saturated rings. The largest absolute Gasteiger partial charge is 0.401 e. The number of rotatable bonds is 9. The van der Waals surface area contributed by atoms with Crippen LogP contribution in [-0.2, 0) is 9.84 Å². The van der Waals surface area contributed by atoms with E-state index in [4.69, 9.17) is 0 Å². The lowest BCUT2D eigenvalue weighted by molar-refractivity contribution is -0.178. The first-order valence-corrected chi connectivity index (χ1v) is 13.2. The van der Waals surface area contributed by atoms with Crippen molar-refractivity contribution in [3.8, 4) is 0 Å². The molecule has 0 saturated carbocycles. The summed E-state index contributed by atoms with van der Waals surface area (Å²) < 4.78 is 103. The van der Waals surface area contributed by atoms with E-state index in [1.807, 2.05) is 0 Å². The van der Waals surface area contributed by atoms with Crippen molar-refractivity contribution in [2.45, 2.75) is 38.4 Å². The minimum Gasteiger partial charge on any atom is -0.349 e. The van der Waals surface area contributed by atoms with Crippen LogP contribution in [0.4, 0.5) is 32.0 Å². The van der Waals surface area contributed by atoms with E-state index in [0.29, 0.717) is 9.64 Å². The zero-order chi connectivity index (χ0) is 27.4. The van der Waals surface area contributed by atoms with Gasteiger partial charge in [0.1, 0.15) is 11.7 Å². The molecule has 2 aromatic carbocycles. The Bertz CT molecular complexity index is 1240. The van der Waals surface area contributed by atoms with Gasteiger partial charge in [-0.1, -0.05) is 19.1 Å². The van der Waals surface area contributed by atoms with Crippen LogP contribution < -0.4 is 10.6 Å². The first kappa shape index (κ1) is 29.9. The number of benzene rings is 2. The maximum absolute atomic E-state index is 14.5. The number of anilines is 1. The molecule has 0 bridgehead atoms. The lowest BCUT2D eigenvalue weighted by Gasteiger charge is -2.20. The Morgan fingerprint density at radius 2 is 1.72 bits per heavy atom. The first-order valence-electron chi connectivity index (χ1n) is 10.3. The number of halogens is 7. The predicted octanol–water partition coefficient (Wildman–Crippen LogP) is 5.15. The van der Waals surface area contributed by atoms with Gasteiger partial charge in [-0.15, -0.1) is 0 Å². The highest BCUT2D eigenvalue weighted by molar-refractivity contribution is 14.1. The topological polar surface area (TPSA) is 92.3 Å². The van der Waals surface area contributed by atoms with E-state index in [1.54, 1.807) is 22.6 Å². The molecule has 0 aliphatic carbocycles. The third-order valence-corrected chi connectivity index (χ3v) is 7.80. The third kappa shape index (κ3) is 7.57. The summed E-state index contributed by atoms with van der Waals surface area (Å²) in [4.78, 5) is 25.7. The maximum Gasteiger partial charge on any atom is 0.401 e. The van der Waals surface area contributed by atoms with Crippen molar-refractivity contribution >= 4 is 49.9 Å². The Labute approximate surface area is 216 Å². The molecule has 198 valence electrons. The number of amides is 2. The van der Waals surface area contributed by atoms with Gasteiger partial charge < -0.3 is 10.6 Å². The van der Waals surface area contributed by atoms with Gasteiger partial charge in [0.15, 0.2) is 9.84 Å². The summed E-state index contributed by atoms with van der Waals surface area (Å²) in [5.41, 5.74) is -1.97.